The van der Waals surface area contributed by atoms with Gasteiger partial charge in [0.2, 0.25) is 65.0 Å². The SMILES string of the molecule is CC[C@H](C)[C@@H]1CC(=O)[C@H](Cc2ccccc2)N(C)C(=O)[C@H](C)N(C)C(=O)C[C@@H](C(=O)N(C)[C@@H](Cc2ccccc2)C(=O)N(C)[C@@H](Cc2ccccc2)C(=O)C[C@@H](C)C(=O)N2CCCCC2)NC(=O)[C@H](CC(C)C)N(C)C(=O)[C@H](Cc2ccccc2)N(C)C(=O)[C@H]([C@@H](C)O)CC(=O)[C@H](CC(C)C)N(C)C(=O)[C@H](CC(C)C)N(C)C(=O)[C@H](C)N(C)C1=O. The first-order valence-electron chi connectivity index (χ1n) is 42.9. The number of ketones is 3. The molecular formula is C94H137N11O15. The van der Waals surface area contributed by atoms with Gasteiger partial charge in [0.1, 0.15) is 42.3 Å². The Morgan fingerprint density at radius 2 is 0.833 bits per heavy atom. The number of Topliss-reactive ketones (excluding diaryl/α,β-unsaturated/α-hetero) is 3. The second-order valence-corrected chi connectivity index (χ2v) is 35.1. The lowest BCUT2D eigenvalue weighted by Crippen LogP contribution is -2.61. The Labute approximate surface area is 712 Å². The number of rotatable bonds is 25. The quantitative estimate of drug-likeness (QED) is 0.0627. The topological polar surface area (TPSA) is 304 Å². The lowest BCUT2D eigenvalue weighted by atomic mass is 9.83. The summed E-state index contributed by atoms with van der Waals surface area (Å²) in [6, 6.07) is 21.8. The van der Waals surface area contributed by atoms with Gasteiger partial charge in [-0.15, -0.1) is 0 Å². The molecule has 2 aliphatic rings. The van der Waals surface area contributed by atoms with Crippen molar-refractivity contribution in [2.45, 2.75) is 246 Å². The Morgan fingerprint density at radius 1 is 0.442 bits per heavy atom. The van der Waals surface area contributed by atoms with Crippen LogP contribution < -0.4 is 5.32 Å². The highest BCUT2D eigenvalue weighted by atomic mass is 16.3. The van der Waals surface area contributed by atoms with Crippen LogP contribution in [0.1, 0.15) is 176 Å². The number of likely N-dealkylation sites (tertiary alicyclic amines) is 1. The number of carbonyl (C=O) groups is 14. The largest absolute Gasteiger partial charge is 0.393 e. The van der Waals surface area contributed by atoms with Crippen molar-refractivity contribution in [3.8, 4) is 0 Å². The van der Waals surface area contributed by atoms with Crippen molar-refractivity contribution < 1.29 is 72.2 Å². The number of nitrogens with zero attached hydrogens (tertiary/aromatic N) is 10. The smallest absolute Gasteiger partial charge is 0.246 e. The number of aliphatic hydroxyl groups is 1. The maximum atomic E-state index is 16.3. The van der Waals surface area contributed by atoms with Crippen LogP contribution in [-0.4, -0.2) is 279 Å². The summed E-state index contributed by atoms with van der Waals surface area (Å²) < 4.78 is 0. The van der Waals surface area contributed by atoms with Crippen LogP contribution in [-0.2, 0) is 92.8 Å². The van der Waals surface area contributed by atoms with Gasteiger partial charge in [0.05, 0.1) is 36.6 Å². The number of hydrogen-bond acceptors (Lipinski definition) is 15. The molecule has 0 saturated carbocycles. The van der Waals surface area contributed by atoms with Crippen LogP contribution in [0.5, 0.6) is 0 Å². The van der Waals surface area contributed by atoms with E-state index in [1.165, 1.54) is 109 Å². The van der Waals surface area contributed by atoms with Gasteiger partial charge in [-0.3, -0.25) is 67.1 Å². The number of nitrogens with one attached hydrogen (secondary N) is 1. The third kappa shape index (κ3) is 26.5. The summed E-state index contributed by atoms with van der Waals surface area (Å²) in [5.74, 6) is -13.8. The fourth-order valence-corrected chi connectivity index (χ4v) is 16.4. The van der Waals surface area contributed by atoms with Crippen molar-refractivity contribution in [1.82, 2.24) is 54.3 Å². The van der Waals surface area contributed by atoms with Gasteiger partial charge in [-0.2, -0.15) is 0 Å². The maximum absolute atomic E-state index is 16.3. The van der Waals surface area contributed by atoms with E-state index in [4.69, 9.17) is 0 Å². The monoisotopic (exact) mass is 1660 g/mol. The molecule has 0 aromatic heterocycles. The Hall–Kier alpha value is -9.98. The molecular weight excluding hydrogens is 1520 g/mol. The molecule has 2 saturated heterocycles. The van der Waals surface area contributed by atoms with Gasteiger partial charge in [0.25, 0.3) is 0 Å². The minimum Gasteiger partial charge on any atom is -0.393 e. The van der Waals surface area contributed by atoms with Gasteiger partial charge in [-0.25, -0.2) is 0 Å². The summed E-state index contributed by atoms with van der Waals surface area (Å²) in [6.45, 7) is 21.9. The van der Waals surface area contributed by atoms with E-state index >= 15 is 62.3 Å². The summed E-state index contributed by atoms with van der Waals surface area (Å²) in [7, 11) is 12.7. The zero-order valence-corrected chi connectivity index (χ0v) is 75.1. The van der Waals surface area contributed by atoms with E-state index in [-0.39, 0.29) is 75.0 Å². The van der Waals surface area contributed by atoms with Gasteiger partial charge in [-0.05, 0) is 118 Å². The van der Waals surface area contributed by atoms with Gasteiger partial charge in [0, 0.05) is 120 Å². The van der Waals surface area contributed by atoms with E-state index in [1.807, 2.05) is 59.7 Å². The molecule has 658 valence electrons. The van der Waals surface area contributed by atoms with Gasteiger partial charge in [0.15, 0.2) is 17.3 Å². The first-order chi connectivity index (χ1) is 56.5. The zero-order chi connectivity index (χ0) is 89.4. The number of likely N-dealkylation sites (N-methyl/N-ethyl adjacent to an activating group) is 9. The summed E-state index contributed by atoms with van der Waals surface area (Å²) in [5.41, 5.74) is 2.53. The first kappa shape index (κ1) is 98.8. The van der Waals surface area contributed by atoms with E-state index in [9.17, 15) is 9.90 Å². The fraction of sp³-hybridized carbons (Fsp3) is 0.596. The highest BCUT2D eigenvalue weighted by Crippen LogP contribution is 2.31. The predicted molar refractivity (Wildman–Crippen MR) is 462 cm³/mol. The zero-order valence-electron chi connectivity index (χ0n) is 75.1. The molecule has 26 nitrogen and oxygen atoms in total. The number of carbonyl (C=O) groups excluding carboxylic acids is 14. The lowest BCUT2D eigenvalue weighted by Gasteiger charge is -2.39. The van der Waals surface area contributed by atoms with Crippen molar-refractivity contribution in [3.63, 3.8) is 0 Å². The van der Waals surface area contributed by atoms with Crippen molar-refractivity contribution in [2.24, 2.45) is 41.4 Å². The average molecular weight is 1660 g/mol. The Kier molecular flexibility index (Phi) is 38.0. The molecule has 0 radical (unpaired) electrons. The summed E-state index contributed by atoms with van der Waals surface area (Å²) in [5, 5.41) is 14.6. The third-order valence-corrected chi connectivity index (χ3v) is 24.7. The molecule has 4 aromatic rings. The molecule has 2 aliphatic heterocycles. The highest BCUT2D eigenvalue weighted by Gasteiger charge is 2.47. The molecule has 15 atom stereocenters. The number of benzene rings is 4. The van der Waals surface area contributed by atoms with Crippen molar-refractivity contribution in [1.29, 1.82) is 0 Å². The molecule has 6 rings (SSSR count). The van der Waals surface area contributed by atoms with Crippen LogP contribution in [0.4, 0.5) is 0 Å². The Morgan fingerprint density at radius 3 is 1.32 bits per heavy atom. The molecule has 0 aliphatic carbocycles. The van der Waals surface area contributed by atoms with Crippen molar-refractivity contribution in [3.05, 3.63) is 144 Å². The van der Waals surface area contributed by atoms with Crippen LogP contribution in [0.2, 0.25) is 0 Å². The molecule has 11 amide bonds. The standard InChI is InChI=1S/C94H137N11O15/c1-22-62(8)71-56-82(108)76(53-68-40-30-24-31-41-68)98(15)87(113)64(10)96(13)84(110)58-73(91(117)104(21)80(55-70-44-34-26-35-45-70)93(119)100(17)75(52-67-38-28-23-29-39-67)81(107)51-63(9)86(112)105-46-36-27-37-47-105)95-85(111)77(49-60(4)5)101(18)94(120)79(54-69-42-32-25-33-43-69)103(20)90(116)72(66(12)106)57-83(109)74(48-59(2)3)99(16)92(118)78(50-61(6)7)102(19)88(114)65(11)97(14)89(71)115/h23-26,28-35,38-45,59-66,71-80,106H,22,27,36-37,46-58H2,1-21H3,(H,95,111)/t62-,63+,64-,65-,66+,71-,72-,73-,74-,75-,76-,77-,78-,79-,80-/m0/s1. The van der Waals surface area contributed by atoms with E-state index in [0.717, 1.165) is 38.9 Å². The fourth-order valence-electron chi connectivity index (χ4n) is 16.4. The molecule has 2 N–H and O–H groups in total. The Bertz CT molecular complexity index is 4120. The van der Waals surface area contributed by atoms with E-state index < -0.39 is 186 Å². The van der Waals surface area contributed by atoms with E-state index in [0.29, 0.717) is 41.8 Å². The number of hydrogen-bond donors (Lipinski definition) is 2. The minimum atomic E-state index is -1.90. The molecule has 0 unspecified atom stereocenters. The van der Waals surface area contributed by atoms with E-state index in [2.05, 4.69) is 5.32 Å². The van der Waals surface area contributed by atoms with Crippen molar-refractivity contribution in [2.75, 3.05) is 76.5 Å². The molecule has 2 heterocycles. The number of piperidine rings is 1. The van der Waals surface area contributed by atoms with Crippen LogP contribution in [0, 0.1) is 41.4 Å². The molecule has 0 bridgehead atoms. The average Bonchev–Trinajstić information content (AvgIpc) is 0.815. The lowest BCUT2D eigenvalue weighted by molar-refractivity contribution is -0.154. The molecule has 26 heteroatoms. The van der Waals surface area contributed by atoms with Crippen molar-refractivity contribution >= 4 is 82.3 Å². The number of amides is 11. The third-order valence-electron chi connectivity index (χ3n) is 24.7. The van der Waals surface area contributed by atoms with Gasteiger partial charge < -0.3 is 59.4 Å². The van der Waals surface area contributed by atoms with Crippen LogP contribution in [0.15, 0.2) is 121 Å². The number of aliphatic hydroxyl groups excluding tert-OH is 1. The summed E-state index contributed by atoms with van der Waals surface area (Å²) in [4.78, 5) is 229. The first-order valence-corrected chi connectivity index (χ1v) is 42.9. The van der Waals surface area contributed by atoms with E-state index in [1.54, 1.807) is 129 Å². The molecule has 4 aromatic carbocycles. The summed E-state index contributed by atoms with van der Waals surface area (Å²) >= 11 is 0. The van der Waals surface area contributed by atoms with Crippen LogP contribution in [0.3, 0.4) is 0 Å². The molecule has 2 fully saturated rings. The highest BCUT2D eigenvalue weighted by molar-refractivity contribution is 6.01. The molecule has 120 heavy (non-hydrogen) atoms. The van der Waals surface area contributed by atoms with Crippen LogP contribution >= 0.6 is 0 Å². The minimum absolute atomic E-state index is 0.0327. The van der Waals surface area contributed by atoms with Gasteiger partial charge >= 0.3 is 0 Å². The normalized spacial score (nSPS) is 23.6. The summed E-state index contributed by atoms with van der Waals surface area (Å²) in [6.07, 6.45) is -0.695. The second-order valence-electron chi connectivity index (χ2n) is 35.1. The maximum Gasteiger partial charge on any atom is 0.246 e. The van der Waals surface area contributed by atoms with Gasteiger partial charge in [-0.1, -0.05) is 190 Å². The molecule has 0 spiro atoms. The Balaban J connectivity index is 1.57. The second kappa shape index (κ2) is 46.2. The predicted octanol–water partition coefficient (Wildman–Crippen LogP) is 8.65. The van der Waals surface area contributed by atoms with Crippen LogP contribution in [0.25, 0.3) is 0 Å².